The van der Waals surface area contributed by atoms with Crippen LogP contribution in [0.1, 0.15) is 0 Å². The molecule has 1 atom stereocenters. The van der Waals surface area contributed by atoms with E-state index in [2.05, 4.69) is 4.90 Å². The van der Waals surface area contributed by atoms with Crippen molar-refractivity contribution in [1.29, 1.82) is 0 Å². The molecule has 1 rings (SSSR count). The van der Waals surface area contributed by atoms with Crippen molar-refractivity contribution in [2.75, 3.05) is 58.7 Å². The Bertz CT molecular complexity index is 283. The Morgan fingerprint density at radius 3 is 1.62 bits per heavy atom. The molecule has 1 fully saturated rings. The van der Waals surface area contributed by atoms with Crippen LogP contribution in [0.25, 0.3) is 0 Å². The van der Waals surface area contributed by atoms with Crippen molar-refractivity contribution >= 4 is 14.5 Å². The number of nitrogens with zero attached hydrogens (tertiary/aromatic N) is 2. The van der Waals surface area contributed by atoms with E-state index in [1.54, 1.807) is 13.3 Å². The number of rotatable bonds is 4. The molecule has 1 aliphatic heterocycles. The summed E-state index contributed by atoms with van der Waals surface area (Å²) in [6, 6.07) is 0. The molecule has 1 N–H and O–H groups in total. The molecule has 0 bridgehead atoms. The Morgan fingerprint density at radius 2 is 1.31 bits per heavy atom. The van der Waals surface area contributed by atoms with E-state index in [1.807, 2.05) is 4.90 Å². The van der Waals surface area contributed by atoms with Gasteiger partial charge in [-0.2, -0.15) is 0 Å². The van der Waals surface area contributed by atoms with Gasteiger partial charge in [-0.05, 0) is 13.3 Å². The van der Waals surface area contributed by atoms with Gasteiger partial charge in [0.15, 0.2) is 0 Å². The second-order valence-electron chi connectivity index (χ2n) is 5.14. The number of hydrogen-bond acceptors (Lipinski definition) is 4. The highest BCUT2D eigenvalue weighted by molar-refractivity contribution is 7.62. The van der Waals surface area contributed by atoms with Gasteiger partial charge in [-0.25, -0.2) is 0 Å². The third-order valence-corrected chi connectivity index (χ3v) is 4.47. The van der Waals surface area contributed by atoms with E-state index in [9.17, 15) is 14.0 Å². The van der Waals surface area contributed by atoms with Gasteiger partial charge in [0.1, 0.15) is 0 Å². The van der Waals surface area contributed by atoms with Crippen LogP contribution in [-0.2, 0) is 9.13 Å². The molecule has 0 aromatic rings. The fourth-order valence-electron chi connectivity index (χ4n) is 1.92. The summed E-state index contributed by atoms with van der Waals surface area (Å²) >= 11 is 0. The molecule has 0 aliphatic carbocycles. The SMILES string of the molecule is CP(C)(=O)CN1CCN(CP(C)(=O)O)CC1. The first kappa shape index (κ1) is 14.4. The highest BCUT2D eigenvalue weighted by atomic mass is 31.2. The summed E-state index contributed by atoms with van der Waals surface area (Å²) in [5.41, 5.74) is 0. The first-order valence-corrected chi connectivity index (χ1v) is 10.5. The Balaban J connectivity index is 2.34. The molecule has 0 radical (unpaired) electrons. The normalized spacial score (nSPS) is 24.2. The van der Waals surface area contributed by atoms with Crippen LogP contribution < -0.4 is 0 Å². The second-order valence-corrected chi connectivity index (χ2v) is 11.0. The summed E-state index contributed by atoms with van der Waals surface area (Å²) in [5, 5.41) is 0. The zero-order valence-corrected chi connectivity index (χ0v) is 12.1. The van der Waals surface area contributed by atoms with Crippen molar-refractivity contribution in [3.8, 4) is 0 Å². The average molecular weight is 268 g/mol. The second kappa shape index (κ2) is 5.32. The van der Waals surface area contributed by atoms with Gasteiger partial charge >= 0.3 is 0 Å². The molecule has 1 heterocycles. The maximum atomic E-state index is 11.7. The van der Waals surface area contributed by atoms with Gasteiger partial charge in [-0.1, -0.05) is 0 Å². The molecule has 0 amide bonds. The minimum Gasteiger partial charge on any atom is -0.344 e. The van der Waals surface area contributed by atoms with Crippen LogP contribution in [0.4, 0.5) is 0 Å². The minimum atomic E-state index is -2.94. The third kappa shape index (κ3) is 6.17. The van der Waals surface area contributed by atoms with Gasteiger partial charge in [0.2, 0.25) is 7.37 Å². The van der Waals surface area contributed by atoms with Crippen molar-refractivity contribution in [3.05, 3.63) is 0 Å². The zero-order chi connectivity index (χ0) is 12.4. The molecule has 16 heavy (non-hydrogen) atoms. The van der Waals surface area contributed by atoms with Gasteiger partial charge in [0.05, 0.1) is 19.7 Å². The Kier molecular flexibility index (Phi) is 4.79. The predicted octanol–water partition coefficient (Wildman–Crippen LogP) is 1.04. The third-order valence-electron chi connectivity index (χ3n) is 2.47. The van der Waals surface area contributed by atoms with Gasteiger partial charge in [0, 0.05) is 32.8 Å². The van der Waals surface area contributed by atoms with Gasteiger partial charge in [-0.3, -0.25) is 14.4 Å². The topological polar surface area (TPSA) is 60.9 Å². The monoisotopic (exact) mass is 268 g/mol. The predicted molar refractivity (Wildman–Crippen MR) is 68.1 cm³/mol. The van der Waals surface area contributed by atoms with Gasteiger partial charge in [0.25, 0.3) is 0 Å². The first-order chi connectivity index (χ1) is 7.16. The summed E-state index contributed by atoms with van der Waals surface area (Å²) in [4.78, 5) is 13.5. The Hall–Kier alpha value is 0.340. The molecule has 96 valence electrons. The van der Waals surface area contributed by atoms with Crippen LogP contribution in [0, 0.1) is 0 Å². The van der Waals surface area contributed by atoms with Crippen LogP contribution in [0.15, 0.2) is 0 Å². The maximum absolute atomic E-state index is 11.7. The van der Waals surface area contributed by atoms with Crippen molar-refractivity contribution in [2.24, 2.45) is 0 Å². The number of piperazine rings is 1. The van der Waals surface area contributed by atoms with E-state index < -0.39 is 14.5 Å². The lowest BCUT2D eigenvalue weighted by molar-refractivity contribution is 0.162. The largest absolute Gasteiger partial charge is 0.344 e. The summed E-state index contributed by atoms with van der Waals surface area (Å²) in [5.74, 6) is 0. The number of hydrogen-bond donors (Lipinski definition) is 1. The fraction of sp³-hybridized carbons (Fsp3) is 1.00. The molecular formula is C9H22N2O3P2. The zero-order valence-electron chi connectivity index (χ0n) is 10.3. The first-order valence-electron chi connectivity index (χ1n) is 5.44. The average Bonchev–Trinajstić information content (AvgIpc) is 2.03. The smallest absolute Gasteiger partial charge is 0.211 e. The van der Waals surface area contributed by atoms with E-state index in [1.165, 1.54) is 6.66 Å². The van der Waals surface area contributed by atoms with Crippen molar-refractivity contribution in [3.63, 3.8) is 0 Å². The molecular weight excluding hydrogens is 246 g/mol. The maximum Gasteiger partial charge on any atom is 0.211 e. The van der Waals surface area contributed by atoms with E-state index in [-0.39, 0.29) is 6.29 Å². The van der Waals surface area contributed by atoms with Gasteiger partial charge in [-0.15, -0.1) is 0 Å². The van der Waals surface area contributed by atoms with Gasteiger partial charge < -0.3 is 9.46 Å². The quantitative estimate of drug-likeness (QED) is 0.772. The van der Waals surface area contributed by atoms with E-state index in [0.29, 0.717) is 6.29 Å². The molecule has 1 saturated heterocycles. The minimum absolute atomic E-state index is 0.275. The summed E-state index contributed by atoms with van der Waals surface area (Å²) in [6.07, 6.45) is 0.931. The standard InChI is InChI=1S/C9H22N2O3P2/c1-15(2,12)8-10-4-6-11(7-5-10)9-16(3,13)14/h4-9H2,1-3H3,(H,13,14). The van der Waals surface area contributed by atoms with E-state index >= 15 is 0 Å². The Morgan fingerprint density at radius 1 is 0.938 bits per heavy atom. The Labute approximate surface area is 97.6 Å². The van der Waals surface area contributed by atoms with Crippen LogP contribution in [0.2, 0.25) is 0 Å². The van der Waals surface area contributed by atoms with E-state index in [4.69, 9.17) is 0 Å². The lowest BCUT2D eigenvalue weighted by atomic mass is 10.4. The molecule has 0 spiro atoms. The molecule has 0 aromatic heterocycles. The van der Waals surface area contributed by atoms with E-state index in [0.717, 1.165) is 26.2 Å². The highest BCUT2D eigenvalue weighted by Crippen LogP contribution is 2.38. The van der Waals surface area contributed by atoms with Crippen molar-refractivity contribution in [2.45, 2.75) is 0 Å². The molecule has 1 aliphatic rings. The lowest BCUT2D eigenvalue weighted by Gasteiger charge is -2.35. The summed E-state index contributed by atoms with van der Waals surface area (Å²) in [7, 11) is -4.93. The van der Waals surface area contributed by atoms with Crippen LogP contribution in [0.3, 0.4) is 0 Å². The molecule has 5 nitrogen and oxygen atoms in total. The van der Waals surface area contributed by atoms with Crippen molar-refractivity contribution < 1.29 is 14.0 Å². The van der Waals surface area contributed by atoms with Crippen LogP contribution in [-0.4, -0.2) is 73.4 Å². The lowest BCUT2D eigenvalue weighted by Crippen LogP contribution is -2.46. The molecule has 1 unspecified atom stereocenters. The molecule has 0 aromatic carbocycles. The highest BCUT2D eigenvalue weighted by Gasteiger charge is 2.23. The van der Waals surface area contributed by atoms with Crippen LogP contribution >= 0.6 is 14.5 Å². The molecule has 7 heteroatoms. The summed E-state index contributed by atoms with van der Waals surface area (Å²) < 4.78 is 22.9. The fourth-order valence-corrected chi connectivity index (χ4v) is 4.20. The van der Waals surface area contributed by atoms with Crippen LogP contribution in [0.5, 0.6) is 0 Å². The van der Waals surface area contributed by atoms with Crippen molar-refractivity contribution in [1.82, 2.24) is 9.80 Å². The molecule has 0 saturated carbocycles. The summed E-state index contributed by atoms with van der Waals surface area (Å²) in [6.45, 7) is 8.25.